The van der Waals surface area contributed by atoms with Gasteiger partial charge in [0.2, 0.25) is 11.8 Å². The maximum absolute atomic E-state index is 13.1. The van der Waals surface area contributed by atoms with Crippen LogP contribution in [0, 0.1) is 11.8 Å². The summed E-state index contributed by atoms with van der Waals surface area (Å²) in [6.45, 7) is 3.48. The van der Waals surface area contributed by atoms with Gasteiger partial charge in [-0.2, -0.15) is 0 Å². The molecule has 2 amide bonds. The van der Waals surface area contributed by atoms with E-state index in [0.29, 0.717) is 6.04 Å². The molecule has 1 heterocycles. The van der Waals surface area contributed by atoms with E-state index in [9.17, 15) is 9.59 Å². The van der Waals surface area contributed by atoms with E-state index in [1.165, 1.54) is 11.1 Å². The van der Waals surface area contributed by atoms with E-state index in [1.807, 2.05) is 4.90 Å². The number of amides is 2. The van der Waals surface area contributed by atoms with Crippen molar-refractivity contribution in [2.24, 2.45) is 11.8 Å². The molecule has 0 unspecified atom stereocenters. The van der Waals surface area contributed by atoms with Crippen LogP contribution in [0.15, 0.2) is 24.3 Å². The fraction of sp³-hybridized carbons (Fsp3) is 0.636. The minimum Gasteiger partial charge on any atom is -0.359 e. The van der Waals surface area contributed by atoms with Gasteiger partial charge in [-0.3, -0.25) is 14.5 Å². The zero-order valence-corrected chi connectivity index (χ0v) is 16.3. The molecule has 3 aliphatic rings. The van der Waals surface area contributed by atoms with Crippen molar-refractivity contribution in [1.82, 2.24) is 15.1 Å². The standard InChI is InChI=1S/C22H31N3O2/c1-23-21(26)19-8-4-5-9-20(19)22(27)25-12-10-24(11-13-25)18-14-16-6-2-3-7-17(16)15-18/h2-3,6-7,18-20H,4-5,8-15H2,1H3,(H,23,26)/t19-,20+/m1/s1. The fourth-order valence-electron chi connectivity index (χ4n) is 5.26. The average Bonchev–Trinajstić information content (AvgIpc) is 3.17. The van der Waals surface area contributed by atoms with Gasteiger partial charge >= 0.3 is 0 Å². The summed E-state index contributed by atoms with van der Waals surface area (Å²) in [7, 11) is 1.68. The van der Waals surface area contributed by atoms with Gasteiger partial charge < -0.3 is 10.2 Å². The van der Waals surface area contributed by atoms with Crippen LogP contribution in [0.1, 0.15) is 36.8 Å². The van der Waals surface area contributed by atoms with Gasteiger partial charge in [0.05, 0.1) is 0 Å². The molecule has 1 aliphatic heterocycles. The minimum atomic E-state index is -0.140. The predicted molar refractivity (Wildman–Crippen MR) is 105 cm³/mol. The third-order valence-corrected chi connectivity index (χ3v) is 6.84. The zero-order chi connectivity index (χ0) is 18.8. The third-order valence-electron chi connectivity index (χ3n) is 6.84. The van der Waals surface area contributed by atoms with E-state index in [0.717, 1.165) is 64.7 Å². The lowest BCUT2D eigenvalue weighted by atomic mass is 9.77. The van der Waals surface area contributed by atoms with Crippen molar-refractivity contribution < 1.29 is 9.59 Å². The molecule has 1 N–H and O–H groups in total. The molecule has 27 heavy (non-hydrogen) atoms. The second-order valence-corrected chi connectivity index (χ2v) is 8.30. The summed E-state index contributed by atoms with van der Waals surface area (Å²) in [5.74, 6) is -0.0207. The molecule has 146 valence electrons. The highest BCUT2D eigenvalue weighted by molar-refractivity contribution is 5.87. The molecule has 0 bridgehead atoms. The predicted octanol–water partition coefficient (Wildman–Crippen LogP) is 1.85. The van der Waals surface area contributed by atoms with Crippen molar-refractivity contribution in [2.75, 3.05) is 33.2 Å². The Labute approximate surface area is 162 Å². The molecule has 0 spiro atoms. The molecule has 0 aromatic heterocycles. The maximum atomic E-state index is 13.1. The van der Waals surface area contributed by atoms with Crippen LogP contribution in [0.3, 0.4) is 0 Å². The lowest BCUT2D eigenvalue weighted by molar-refractivity contribution is -0.145. The van der Waals surface area contributed by atoms with Crippen LogP contribution in [0.5, 0.6) is 0 Å². The molecular formula is C22H31N3O2. The second-order valence-electron chi connectivity index (χ2n) is 8.30. The van der Waals surface area contributed by atoms with E-state index in [2.05, 4.69) is 34.5 Å². The number of benzene rings is 1. The molecule has 4 rings (SSSR count). The number of hydrogen-bond donors (Lipinski definition) is 1. The Balaban J connectivity index is 1.34. The third kappa shape index (κ3) is 3.75. The monoisotopic (exact) mass is 369 g/mol. The van der Waals surface area contributed by atoms with Crippen molar-refractivity contribution >= 4 is 11.8 Å². The molecule has 1 aromatic rings. The summed E-state index contributed by atoms with van der Waals surface area (Å²) in [6.07, 6.45) is 6.07. The maximum Gasteiger partial charge on any atom is 0.226 e. The van der Waals surface area contributed by atoms with Crippen LogP contribution in [0.25, 0.3) is 0 Å². The second kappa shape index (κ2) is 8.01. The van der Waals surface area contributed by atoms with Crippen LogP contribution < -0.4 is 5.32 Å². The summed E-state index contributed by atoms with van der Waals surface area (Å²) in [5.41, 5.74) is 2.97. The molecule has 2 fully saturated rings. The minimum absolute atomic E-state index is 0.0374. The van der Waals surface area contributed by atoms with Crippen molar-refractivity contribution in [3.8, 4) is 0 Å². The molecule has 1 saturated carbocycles. The highest BCUT2D eigenvalue weighted by Crippen LogP contribution is 2.32. The van der Waals surface area contributed by atoms with E-state index in [4.69, 9.17) is 0 Å². The van der Waals surface area contributed by atoms with Crippen molar-refractivity contribution in [3.63, 3.8) is 0 Å². The summed E-state index contributed by atoms with van der Waals surface area (Å²) >= 11 is 0. The first-order valence-corrected chi connectivity index (χ1v) is 10.5. The molecule has 1 aromatic carbocycles. The van der Waals surface area contributed by atoms with Crippen molar-refractivity contribution in [3.05, 3.63) is 35.4 Å². The number of carbonyl (C=O) groups is 2. The molecule has 2 aliphatic carbocycles. The number of piperazine rings is 1. The summed E-state index contributed by atoms with van der Waals surface area (Å²) in [4.78, 5) is 29.9. The summed E-state index contributed by atoms with van der Waals surface area (Å²) in [5, 5.41) is 2.76. The largest absolute Gasteiger partial charge is 0.359 e. The Morgan fingerprint density at radius 2 is 1.52 bits per heavy atom. The van der Waals surface area contributed by atoms with Crippen LogP contribution >= 0.6 is 0 Å². The van der Waals surface area contributed by atoms with Gasteiger partial charge in [-0.15, -0.1) is 0 Å². The first-order valence-electron chi connectivity index (χ1n) is 10.5. The number of nitrogens with zero attached hydrogens (tertiary/aromatic N) is 2. The number of fused-ring (bicyclic) bond motifs is 1. The molecular weight excluding hydrogens is 338 g/mol. The smallest absolute Gasteiger partial charge is 0.226 e. The Morgan fingerprint density at radius 1 is 0.926 bits per heavy atom. The SMILES string of the molecule is CNC(=O)[C@@H]1CCCC[C@@H]1C(=O)N1CCN(C2Cc3ccccc3C2)CC1. The van der Waals surface area contributed by atoms with Gasteiger partial charge in [-0.05, 0) is 36.8 Å². The Hall–Kier alpha value is -1.88. The van der Waals surface area contributed by atoms with Gasteiger partial charge in [0.25, 0.3) is 0 Å². The molecule has 5 heteroatoms. The van der Waals surface area contributed by atoms with E-state index in [1.54, 1.807) is 7.05 Å². The van der Waals surface area contributed by atoms with Gasteiger partial charge in [-0.1, -0.05) is 37.1 Å². The quantitative estimate of drug-likeness (QED) is 0.885. The highest BCUT2D eigenvalue weighted by atomic mass is 16.2. The lowest BCUT2D eigenvalue weighted by Crippen LogP contribution is -2.54. The molecule has 1 saturated heterocycles. The Bertz CT molecular complexity index is 672. The van der Waals surface area contributed by atoms with Crippen molar-refractivity contribution in [2.45, 2.75) is 44.6 Å². The number of carbonyl (C=O) groups excluding carboxylic acids is 2. The van der Waals surface area contributed by atoms with Gasteiger partial charge in [0.1, 0.15) is 0 Å². The number of hydrogen-bond acceptors (Lipinski definition) is 3. The zero-order valence-electron chi connectivity index (χ0n) is 16.3. The molecule has 5 nitrogen and oxygen atoms in total. The molecule has 0 radical (unpaired) electrons. The van der Waals surface area contributed by atoms with Crippen LogP contribution in [0.2, 0.25) is 0 Å². The topological polar surface area (TPSA) is 52.7 Å². The van der Waals surface area contributed by atoms with Crippen LogP contribution in [-0.4, -0.2) is 60.9 Å². The lowest BCUT2D eigenvalue weighted by Gasteiger charge is -2.40. The van der Waals surface area contributed by atoms with Gasteiger partial charge in [0.15, 0.2) is 0 Å². The first-order chi connectivity index (χ1) is 13.2. The van der Waals surface area contributed by atoms with Gasteiger partial charge in [-0.25, -0.2) is 0 Å². The van der Waals surface area contributed by atoms with E-state index >= 15 is 0 Å². The normalized spacial score (nSPS) is 26.6. The number of rotatable bonds is 3. The van der Waals surface area contributed by atoms with Crippen LogP contribution in [0.4, 0.5) is 0 Å². The van der Waals surface area contributed by atoms with E-state index in [-0.39, 0.29) is 23.7 Å². The average molecular weight is 370 g/mol. The Kier molecular flexibility index (Phi) is 5.48. The summed E-state index contributed by atoms with van der Waals surface area (Å²) in [6, 6.07) is 9.33. The van der Waals surface area contributed by atoms with Crippen LogP contribution in [-0.2, 0) is 22.4 Å². The van der Waals surface area contributed by atoms with Gasteiger partial charge in [0, 0.05) is 51.1 Å². The number of nitrogens with one attached hydrogen (secondary N) is 1. The van der Waals surface area contributed by atoms with Crippen molar-refractivity contribution in [1.29, 1.82) is 0 Å². The summed E-state index contributed by atoms with van der Waals surface area (Å²) < 4.78 is 0. The van der Waals surface area contributed by atoms with E-state index < -0.39 is 0 Å². The highest BCUT2D eigenvalue weighted by Gasteiger charge is 2.39. The fourth-order valence-corrected chi connectivity index (χ4v) is 5.26. The molecule has 2 atom stereocenters. The first kappa shape index (κ1) is 18.5. The Morgan fingerprint density at radius 3 is 2.11 bits per heavy atom.